The first-order valence-corrected chi connectivity index (χ1v) is 17.3. The summed E-state index contributed by atoms with van der Waals surface area (Å²) in [6.45, 7) is 9.67. The molecule has 15 heteroatoms. The van der Waals surface area contributed by atoms with Crippen molar-refractivity contribution in [1.82, 2.24) is 14.6 Å². The number of halogens is 3. The Balaban J connectivity index is 1.54. The van der Waals surface area contributed by atoms with E-state index in [1.165, 1.54) is 23.4 Å². The first-order valence-electron chi connectivity index (χ1n) is 15.0. The number of carbonyl (C=O) groups excluding carboxylic acids is 3. The van der Waals surface area contributed by atoms with Gasteiger partial charge in [-0.2, -0.15) is 17.5 Å². The van der Waals surface area contributed by atoms with Crippen LogP contribution in [0, 0.1) is 6.92 Å². The second-order valence-electron chi connectivity index (χ2n) is 11.9. The van der Waals surface area contributed by atoms with Crippen LogP contribution < -0.4 is 10.6 Å². The molecule has 1 fully saturated rings. The Kier molecular flexibility index (Phi) is 11.1. The van der Waals surface area contributed by atoms with Gasteiger partial charge in [-0.05, 0) is 60.4 Å². The van der Waals surface area contributed by atoms with Crippen LogP contribution in [0.4, 0.5) is 18.3 Å². The molecule has 2 atom stereocenters. The summed E-state index contributed by atoms with van der Waals surface area (Å²) in [5.41, 5.74) is 2.99. The number of alkyl halides is 3. The van der Waals surface area contributed by atoms with Gasteiger partial charge in [0.1, 0.15) is 10.9 Å². The number of ether oxygens (including phenoxy) is 1. The molecule has 1 aliphatic rings. The van der Waals surface area contributed by atoms with Crippen molar-refractivity contribution < 1.29 is 40.7 Å². The zero-order valence-electron chi connectivity index (χ0n) is 26.6. The van der Waals surface area contributed by atoms with E-state index < -0.39 is 46.1 Å². The average molecular weight is 695 g/mol. The number of piperidine rings is 1. The van der Waals surface area contributed by atoms with E-state index in [0.29, 0.717) is 17.3 Å². The number of aromatic nitrogens is 1. The molecule has 0 radical (unpaired) electrons. The summed E-state index contributed by atoms with van der Waals surface area (Å²) >= 11 is 0.692. The van der Waals surface area contributed by atoms with Crippen LogP contribution in [0.1, 0.15) is 84.4 Å². The van der Waals surface area contributed by atoms with Crippen LogP contribution in [-0.2, 0) is 30.9 Å². The van der Waals surface area contributed by atoms with Crippen LogP contribution in [0.5, 0.6) is 0 Å². The van der Waals surface area contributed by atoms with Gasteiger partial charge in [0.2, 0.25) is 15.9 Å². The zero-order chi connectivity index (χ0) is 34.7. The number of nitrogens with one attached hydrogen (secondary N) is 2. The van der Waals surface area contributed by atoms with Crippen molar-refractivity contribution in [2.75, 3.05) is 11.9 Å². The van der Waals surface area contributed by atoms with Gasteiger partial charge in [-0.25, -0.2) is 23.0 Å². The lowest BCUT2D eigenvalue weighted by atomic mass is 9.98. The molecule has 1 saturated heterocycles. The number of carbonyl (C=O) groups is 3. The van der Waals surface area contributed by atoms with Crippen LogP contribution >= 0.6 is 11.3 Å². The van der Waals surface area contributed by atoms with Crippen molar-refractivity contribution in [3.63, 3.8) is 0 Å². The molecule has 47 heavy (non-hydrogen) atoms. The number of sulfonamides is 1. The molecule has 0 aliphatic carbocycles. The van der Waals surface area contributed by atoms with Crippen LogP contribution in [0.15, 0.2) is 53.4 Å². The van der Waals surface area contributed by atoms with Crippen molar-refractivity contribution >= 4 is 44.3 Å². The highest BCUT2D eigenvalue weighted by Crippen LogP contribution is 2.31. The number of esters is 2. The molecule has 3 aromatic rings. The molecule has 254 valence electrons. The molecule has 1 aliphatic heterocycles. The molecule has 1 amide bonds. The lowest BCUT2D eigenvalue weighted by molar-refractivity contribution is -0.193. The normalized spacial score (nSPS) is 17.5. The molecule has 0 bridgehead atoms. The lowest BCUT2D eigenvalue weighted by Gasteiger charge is -2.37. The van der Waals surface area contributed by atoms with E-state index in [2.05, 4.69) is 34.2 Å². The fraction of sp³-hybridized carbons (Fsp3) is 0.438. The SMILES string of the molecule is Cc1nc(N[C@@H]2CCN(S(=O)(=O)c3ccc(C(C)C)cc3)[C@@H](C(=O)NCc3ccc(C(C)C)cc3)C2)sc1C(=O)OC(=O)C(F)(F)F. The number of rotatable bonds is 10. The number of hydrogen-bond donors (Lipinski definition) is 2. The Morgan fingerprint density at radius 3 is 2.13 bits per heavy atom. The number of hydrogen-bond acceptors (Lipinski definition) is 9. The lowest BCUT2D eigenvalue weighted by Crippen LogP contribution is -2.55. The van der Waals surface area contributed by atoms with E-state index in [1.54, 1.807) is 12.1 Å². The topological polar surface area (TPSA) is 135 Å². The van der Waals surface area contributed by atoms with E-state index >= 15 is 0 Å². The number of aryl methyl sites for hydroxylation is 1. The minimum atomic E-state index is -5.34. The van der Waals surface area contributed by atoms with Gasteiger partial charge >= 0.3 is 18.1 Å². The van der Waals surface area contributed by atoms with Gasteiger partial charge in [-0.3, -0.25) is 4.79 Å². The maximum absolute atomic E-state index is 13.9. The van der Waals surface area contributed by atoms with Gasteiger partial charge in [-0.15, -0.1) is 0 Å². The fourth-order valence-electron chi connectivity index (χ4n) is 5.10. The van der Waals surface area contributed by atoms with Gasteiger partial charge in [-0.1, -0.05) is 75.4 Å². The molecule has 2 aromatic carbocycles. The Morgan fingerprint density at radius 1 is 1.00 bits per heavy atom. The smallest absolute Gasteiger partial charge is 0.382 e. The van der Waals surface area contributed by atoms with Crippen LogP contribution in [0.25, 0.3) is 0 Å². The zero-order valence-corrected chi connectivity index (χ0v) is 28.2. The van der Waals surface area contributed by atoms with Crippen molar-refractivity contribution in [3.05, 3.63) is 75.8 Å². The largest absolute Gasteiger partial charge is 0.491 e. The predicted molar refractivity (Wildman–Crippen MR) is 171 cm³/mol. The maximum Gasteiger partial charge on any atom is 0.491 e. The van der Waals surface area contributed by atoms with E-state index in [4.69, 9.17) is 0 Å². The van der Waals surface area contributed by atoms with Gasteiger partial charge in [0, 0.05) is 19.1 Å². The molecule has 0 unspecified atom stereocenters. The highest BCUT2D eigenvalue weighted by atomic mass is 32.2. The maximum atomic E-state index is 13.9. The van der Waals surface area contributed by atoms with E-state index in [9.17, 15) is 36.0 Å². The fourth-order valence-corrected chi connectivity index (χ4v) is 7.63. The van der Waals surface area contributed by atoms with E-state index in [1.807, 2.05) is 38.1 Å². The monoisotopic (exact) mass is 694 g/mol. The predicted octanol–water partition coefficient (Wildman–Crippen LogP) is 5.89. The van der Waals surface area contributed by atoms with Gasteiger partial charge in [0.05, 0.1) is 10.6 Å². The molecular formula is C32H37F3N4O6S2. The summed E-state index contributed by atoms with van der Waals surface area (Å²) in [5, 5.41) is 6.09. The Labute approximate surface area is 275 Å². The number of nitrogens with zero attached hydrogens (tertiary/aromatic N) is 2. The second-order valence-corrected chi connectivity index (χ2v) is 14.8. The second kappa shape index (κ2) is 14.5. The summed E-state index contributed by atoms with van der Waals surface area (Å²) in [6.07, 6.45) is -5.05. The molecule has 0 spiro atoms. The first-order chi connectivity index (χ1) is 22.0. The third-order valence-electron chi connectivity index (χ3n) is 7.85. The molecule has 4 rings (SSSR count). The van der Waals surface area contributed by atoms with Crippen molar-refractivity contribution in [1.29, 1.82) is 0 Å². The summed E-state index contributed by atoms with van der Waals surface area (Å²) in [7, 11) is -4.08. The van der Waals surface area contributed by atoms with Crippen molar-refractivity contribution in [2.45, 2.75) is 89.0 Å². The summed E-state index contributed by atoms with van der Waals surface area (Å²) in [5.74, 6) is -4.09. The van der Waals surface area contributed by atoms with Crippen molar-refractivity contribution in [2.24, 2.45) is 0 Å². The Morgan fingerprint density at radius 2 is 1.57 bits per heavy atom. The molecule has 1 aromatic heterocycles. The Bertz CT molecular complexity index is 1710. The first kappa shape index (κ1) is 36.0. The highest BCUT2D eigenvalue weighted by Gasteiger charge is 2.43. The van der Waals surface area contributed by atoms with Gasteiger partial charge in [0.25, 0.3) is 0 Å². The molecule has 2 N–H and O–H groups in total. The van der Waals surface area contributed by atoms with Gasteiger partial charge < -0.3 is 15.4 Å². The van der Waals surface area contributed by atoms with E-state index in [-0.39, 0.29) is 52.4 Å². The standard InChI is InChI=1S/C32H37F3N4O6S2/c1-18(2)22-8-6-21(7-9-22)17-36-28(40)26-16-24(14-15-39(26)47(43,44)25-12-10-23(11-13-25)19(3)4)38-31-37-20(5)27(46-31)29(41)45-30(42)32(33,34)35/h6-13,18-19,24,26H,14-17H2,1-5H3,(H,36,40)(H,37,38)/t24-,26-/m1/s1. The number of thiazole rings is 1. The molecule has 2 heterocycles. The van der Waals surface area contributed by atoms with Crippen LogP contribution in [0.3, 0.4) is 0 Å². The minimum Gasteiger partial charge on any atom is -0.382 e. The van der Waals surface area contributed by atoms with Crippen LogP contribution in [-0.4, -0.2) is 60.4 Å². The van der Waals surface area contributed by atoms with Gasteiger partial charge in [0.15, 0.2) is 5.13 Å². The third-order valence-corrected chi connectivity index (χ3v) is 10.8. The highest BCUT2D eigenvalue weighted by molar-refractivity contribution is 7.89. The average Bonchev–Trinajstić information content (AvgIpc) is 3.39. The number of benzene rings is 2. The quantitative estimate of drug-likeness (QED) is 0.198. The molecule has 0 saturated carbocycles. The molecular weight excluding hydrogens is 658 g/mol. The number of anilines is 1. The van der Waals surface area contributed by atoms with Crippen molar-refractivity contribution in [3.8, 4) is 0 Å². The molecule has 10 nitrogen and oxygen atoms in total. The summed E-state index contributed by atoms with van der Waals surface area (Å²) < 4.78 is 70.6. The van der Waals surface area contributed by atoms with Crippen LogP contribution in [0.2, 0.25) is 0 Å². The van der Waals surface area contributed by atoms with E-state index in [0.717, 1.165) is 16.7 Å². The summed E-state index contributed by atoms with van der Waals surface area (Å²) in [4.78, 5) is 41.0. The number of amides is 1. The summed E-state index contributed by atoms with van der Waals surface area (Å²) in [6, 6.07) is 12.7. The Hall–Kier alpha value is -3.82. The third kappa shape index (κ3) is 8.76. The minimum absolute atomic E-state index is 0.0214.